The Morgan fingerprint density at radius 3 is 2.43 bits per heavy atom. The molecule has 1 amide bonds. The highest BCUT2D eigenvalue weighted by molar-refractivity contribution is 6.02. The number of nitro benzene ring substituents is 1. The van der Waals surface area contributed by atoms with Gasteiger partial charge in [0.2, 0.25) is 0 Å². The molecule has 3 aromatic rings. The first-order valence-electron chi connectivity index (χ1n) is 9.02. The number of carbonyl (C=O) groups is 1. The summed E-state index contributed by atoms with van der Waals surface area (Å²) in [6.07, 6.45) is 0. The van der Waals surface area contributed by atoms with Gasteiger partial charge in [-0.3, -0.25) is 14.9 Å². The Labute approximate surface area is 162 Å². The van der Waals surface area contributed by atoms with Crippen molar-refractivity contribution in [1.82, 2.24) is 0 Å². The van der Waals surface area contributed by atoms with Crippen LogP contribution in [0.4, 0.5) is 17.1 Å². The maximum Gasteiger partial charge on any atom is 0.291 e. The molecule has 0 atom stereocenters. The van der Waals surface area contributed by atoms with Crippen LogP contribution in [-0.2, 0) is 0 Å². The van der Waals surface area contributed by atoms with Crippen LogP contribution in [-0.4, -0.2) is 23.9 Å². The van der Waals surface area contributed by atoms with Crippen LogP contribution in [0.25, 0.3) is 11.3 Å². The second kappa shape index (κ2) is 8.39. The highest BCUT2D eigenvalue weighted by atomic mass is 16.6. The zero-order valence-electron chi connectivity index (χ0n) is 15.7. The molecular weight excluding hydrogens is 358 g/mol. The van der Waals surface area contributed by atoms with E-state index >= 15 is 0 Å². The minimum atomic E-state index is -0.470. The van der Waals surface area contributed by atoms with Gasteiger partial charge in [0.05, 0.1) is 4.92 Å². The molecule has 0 aliphatic rings. The summed E-state index contributed by atoms with van der Waals surface area (Å²) in [5.74, 6) is 0.146. The normalized spacial score (nSPS) is 10.5. The van der Waals surface area contributed by atoms with E-state index in [-0.39, 0.29) is 17.4 Å². The molecule has 0 aliphatic carbocycles. The number of amides is 1. The molecular formula is C21H21N3O4. The lowest BCUT2D eigenvalue weighted by Crippen LogP contribution is -2.21. The fourth-order valence-corrected chi connectivity index (χ4v) is 2.92. The first-order chi connectivity index (χ1) is 13.5. The van der Waals surface area contributed by atoms with Gasteiger partial charge in [0.1, 0.15) is 5.76 Å². The van der Waals surface area contributed by atoms with Crippen LogP contribution < -0.4 is 10.2 Å². The molecule has 0 spiro atoms. The van der Waals surface area contributed by atoms with Gasteiger partial charge in [-0.15, -0.1) is 0 Å². The van der Waals surface area contributed by atoms with Crippen LogP contribution in [0, 0.1) is 10.1 Å². The summed E-state index contributed by atoms with van der Waals surface area (Å²) in [5, 5.41) is 13.7. The van der Waals surface area contributed by atoms with E-state index in [1.54, 1.807) is 24.3 Å². The quantitative estimate of drug-likeness (QED) is 0.463. The van der Waals surface area contributed by atoms with Crippen LogP contribution in [0.3, 0.4) is 0 Å². The van der Waals surface area contributed by atoms with E-state index in [9.17, 15) is 14.9 Å². The molecule has 0 bridgehead atoms. The number of non-ortho nitro benzene ring substituents is 1. The second-order valence-corrected chi connectivity index (χ2v) is 6.14. The van der Waals surface area contributed by atoms with Gasteiger partial charge in [-0.1, -0.05) is 12.1 Å². The SMILES string of the molecule is CCN(CC)c1ccc(NC(=O)c2ccc(-c3cccc([N+](=O)[O-])c3)o2)cc1. The molecule has 144 valence electrons. The maximum atomic E-state index is 12.4. The number of carbonyl (C=O) groups excluding carboxylic acids is 1. The summed E-state index contributed by atoms with van der Waals surface area (Å²) >= 11 is 0. The van der Waals surface area contributed by atoms with Crippen molar-refractivity contribution in [2.75, 3.05) is 23.3 Å². The van der Waals surface area contributed by atoms with Gasteiger partial charge in [0, 0.05) is 42.2 Å². The summed E-state index contributed by atoms with van der Waals surface area (Å²) in [6, 6.07) is 16.9. The molecule has 0 unspecified atom stereocenters. The topological polar surface area (TPSA) is 88.6 Å². The van der Waals surface area contributed by atoms with Crippen molar-refractivity contribution >= 4 is 23.0 Å². The molecule has 7 heteroatoms. The van der Waals surface area contributed by atoms with E-state index < -0.39 is 4.92 Å². The molecule has 3 rings (SSSR count). The predicted molar refractivity (Wildman–Crippen MR) is 109 cm³/mol. The van der Waals surface area contributed by atoms with E-state index in [1.807, 2.05) is 24.3 Å². The average molecular weight is 379 g/mol. The lowest BCUT2D eigenvalue weighted by atomic mass is 10.1. The second-order valence-electron chi connectivity index (χ2n) is 6.14. The fraction of sp³-hybridized carbons (Fsp3) is 0.190. The number of nitrogens with zero attached hydrogens (tertiary/aromatic N) is 2. The van der Waals surface area contributed by atoms with Crippen LogP contribution in [0.2, 0.25) is 0 Å². The number of nitro groups is 1. The molecule has 0 aliphatic heterocycles. The summed E-state index contributed by atoms with van der Waals surface area (Å²) in [6.45, 7) is 6.01. The Bertz CT molecular complexity index is 975. The van der Waals surface area contributed by atoms with Gasteiger partial charge in [-0.2, -0.15) is 0 Å². The third-order valence-electron chi connectivity index (χ3n) is 4.43. The molecule has 1 aromatic heterocycles. The van der Waals surface area contributed by atoms with Crippen LogP contribution in [0.5, 0.6) is 0 Å². The van der Waals surface area contributed by atoms with E-state index in [4.69, 9.17) is 4.42 Å². The minimum absolute atomic E-state index is 0.0341. The van der Waals surface area contributed by atoms with Crippen molar-refractivity contribution in [2.45, 2.75) is 13.8 Å². The molecule has 0 radical (unpaired) electrons. The molecule has 0 saturated carbocycles. The van der Waals surface area contributed by atoms with Gasteiger partial charge < -0.3 is 14.6 Å². The molecule has 1 heterocycles. The zero-order chi connectivity index (χ0) is 20.1. The smallest absolute Gasteiger partial charge is 0.291 e. The van der Waals surface area contributed by atoms with E-state index in [0.717, 1.165) is 18.8 Å². The monoisotopic (exact) mass is 379 g/mol. The van der Waals surface area contributed by atoms with Crippen molar-refractivity contribution in [2.24, 2.45) is 0 Å². The summed E-state index contributed by atoms with van der Waals surface area (Å²) < 4.78 is 5.59. The van der Waals surface area contributed by atoms with E-state index in [2.05, 4.69) is 24.1 Å². The maximum absolute atomic E-state index is 12.4. The first-order valence-corrected chi connectivity index (χ1v) is 9.02. The summed E-state index contributed by atoms with van der Waals surface area (Å²) in [5.41, 5.74) is 2.26. The van der Waals surface area contributed by atoms with Gasteiger partial charge in [0.25, 0.3) is 11.6 Å². The van der Waals surface area contributed by atoms with Crippen LogP contribution in [0.15, 0.2) is 65.1 Å². The highest BCUT2D eigenvalue weighted by Gasteiger charge is 2.14. The largest absolute Gasteiger partial charge is 0.451 e. The van der Waals surface area contributed by atoms with Crippen LogP contribution >= 0.6 is 0 Å². The lowest BCUT2D eigenvalue weighted by Gasteiger charge is -2.21. The third-order valence-corrected chi connectivity index (χ3v) is 4.43. The standard InChI is InChI=1S/C21H21N3O4/c1-3-23(4-2)17-10-8-16(9-11-17)22-21(25)20-13-12-19(28-20)15-6-5-7-18(14-15)24(26)27/h5-14H,3-4H2,1-2H3,(H,22,25). The predicted octanol–water partition coefficient (Wildman–Crippen LogP) is 4.95. The Balaban J connectivity index is 1.72. The summed E-state index contributed by atoms with van der Waals surface area (Å²) in [4.78, 5) is 25.1. The number of benzene rings is 2. The molecule has 0 fully saturated rings. The van der Waals surface area contributed by atoms with Crippen molar-refractivity contribution < 1.29 is 14.1 Å². The molecule has 2 aromatic carbocycles. The van der Waals surface area contributed by atoms with Gasteiger partial charge in [0.15, 0.2) is 5.76 Å². The van der Waals surface area contributed by atoms with Gasteiger partial charge >= 0.3 is 0 Å². The number of hydrogen-bond donors (Lipinski definition) is 1. The number of anilines is 2. The van der Waals surface area contributed by atoms with Gasteiger partial charge in [-0.25, -0.2) is 0 Å². The Morgan fingerprint density at radius 1 is 1.07 bits per heavy atom. The fourth-order valence-electron chi connectivity index (χ4n) is 2.92. The Kier molecular flexibility index (Phi) is 5.74. The van der Waals surface area contributed by atoms with Gasteiger partial charge in [-0.05, 0) is 50.2 Å². The number of nitrogens with one attached hydrogen (secondary N) is 1. The van der Waals surface area contributed by atoms with Crippen molar-refractivity contribution in [3.63, 3.8) is 0 Å². The van der Waals surface area contributed by atoms with E-state index in [1.165, 1.54) is 12.1 Å². The van der Waals surface area contributed by atoms with Crippen molar-refractivity contribution in [3.8, 4) is 11.3 Å². The Morgan fingerprint density at radius 2 is 1.79 bits per heavy atom. The molecule has 28 heavy (non-hydrogen) atoms. The van der Waals surface area contributed by atoms with Crippen molar-refractivity contribution in [3.05, 3.63) is 76.5 Å². The first kappa shape index (κ1) is 19.2. The lowest BCUT2D eigenvalue weighted by molar-refractivity contribution is -0.384. The molecule has 7 nitrogen and oxygen atoms in total. The molecule has 1 N–H and O–H groups in total. The van der Waals surface area contributed by atoms with E-state index in [0.29, 0.717) is 17.0 Å². The number of rotatable bonds is 7. The highest BCUT2D eigenvalue weighted by Crippen LogP contribution is 2.26. The molecule has 0 saturated heterocycles. The number of furan rings is 1. The van der Waals surface area contributed by atoms with Crippen LogP contribution in [0.1, 0.15) is 24.4 Å². The average Bonchev–Trinajstić information content (AvgIpc) is 3.21. The Hall–Kier alpha value is -3.61. The zero-order valence-corrected chi connectivity index (χ0v) is 15.7. The summed E-state index contributed by atoms with van der Waals surface area (Å²) in [7, 11) is 0. The van der Waals surface area contributed by atoms with Crippen molar-refractivity contribution in [1.29, 1.82) is 0 Å². The third kappa shape index (κ3) is 4.20. The minimum Gasteiger partial charge on any atom is -0.451 e. The number of hydrogen-bond acceptors (Lipinski definition) is 5.